The third-order valence-electron chi connectivity index (χ3n) is 1.32. The summed E-state index contributed by atoms with van der Waals surface area (Å²) in [5.74, 6) is 0.0559. The molecule has 0 bridgehead atoms. The maximum Gasteiger partial charge on any atom is 0.459 e. The Bertz CT molecular complexity index is 332. The van der Waals surface area contributed by atoms with Crippen LogP contribution in [0.15, 0.2) is 18.2 Å². The summed E-state index contributed by atoms with van der Waals surface area (Å²) in [6.45, 7) is 0. The first kappa shape index (κ1) is 10.7. The van der Waals surface area contributed by atoms with Gasteiger partial charge in [-0.05, 0) is 12.1 Å². The normalized spacial score (nSPS) is 10.8. The summed E-state index contributed by atoms with van der Waals surface area (Å²) in [5.41, 5.74) is 0. The van der Waals surface area contributed by atoms with E-state index < -0.39 is 11.9 Å². The molecule has 1 unspecified atom stereocenters. The fraction of sp³-hybridized carbons (Fsp3) is 0.143. The maximum atomic E-state index is 13.1. The number of hydrogen-bond donors (Lipinski definition) is 1. The lowest BCUT2D eigenvalue weighted by Gasteiger charge is -2.00. The van der Waals surface area contributed by atoms with Crippen molar-refractivity contribution in [3.63, 3.8) is 0 Å². The zero-order valence-corrected chi connectivity index (χ0v) is 9.33. The molecule has 0 heterocycles. The van der Waals surface area contributed by atoms with Crippen LogP contribution in [0, 0.1) is 5.82 Å². The molecule has 0 saturated heterocycles. The molecule has 1 aromatic carbocycles. The lowest BCUT2D eigenvalue weighted by atomic mass is 10.3. The van der Waals surface area contributed by atoms with Crippen molar-refractivity contribution in [1.82, 2.24) is 0 Å². The second kappa shape index (κ2) is 4.74. The molecule has 6 heteroatoms. The highest BCUT2D eigenvalue weighted by Crippen LogP contribution is 2.33. The first-order valence-electron chi connectivity index (χ1n) is 3.31. The van der Waals surface area contributed by atoms with Crippen molar-refractivity contribution in [3.8, 4) is 11.5 Å². The summed E-state index contributed by atoms with van der Waals surface area (Å²) in [6.07, 6.45) is -1.31. The first-order chi connectivity index (χ1) is 6.13. The monoisotopic (exact) mass is 237 g/mol. The van der Waals surface area contributed by atoms with Crippen molar-refractivity contribution < 1.29 is 13.7 Å². The standard InChI is InChI=1S/C7H6FO2PS2/c1-9-5-2-3-7(6(8)4-5)10-11(12)13/h2-4H,1H3/p+1. The molecule has 0 N–H and O–H groups in total. The van der Waals surface area contributed by atoms with Gasteiger partial charge < -0.3 is 4.74 Å². The Hall–Kier alpha value is -0.380. The molecule has 0 spiro atoms. The van der Waals surface area contributed by atoms with Crippen molar-refractivity contribution >= 4 is 30.2 Å². The molecule has 0 saturated carbocycles. The van der Waals surface area contributed by atoms with Crippen LogP contribution < -0.4 is 9.26 Å². The van der Waals surface area contributed by atoms with Gasteiger partial charge in [0.1, 0.15) is 18.0 Å². The number of thiol groups is 1. The van der Waals surface area contributed by atoms with Crippen molar-refractivity contribution in [2.75, 3.05) is 7.11 Å². The minimum absolute atomic E-state index is 0.108. The highest BCUT2D eigenvalue weighted by Gasteiger charge is 2.12. The van der Waals surface area contributed by atoms with Crippen LogP contribution in [-0.2, 0) is 11.8 Å². The molecule has 0 aliphatic carbocycles. The summed E-state index contributed by atoms with van der Waals surface area (Å²) in [5, 5.41) is 0. The Labute approximate surface area is 86.7 Å². The second-order valence-corrected chi connectivity index (χ2v) is 5.68. The summed E-state index contributed by atoms with van der Waals surface area (Å²) in [7, 11) is 1.47. The third-order valence-corrected chi connectivity index (χ3v) is 2.14. The van der Waals surface area contributed by atoms with Gasteiger partial charge in [-0.15, -0.1) is 0 Å². The predicted molar refractivity (Wildman–Crippen MR) is 56.9 cm³/mol. The summed E-state index contributed by atoms with van der Waals surface area (Å²) >= 11 is 8.56. The quantitative estimate of drug-likeness (QED) is 0.644. The van der Waals surface area contributed by atoms with E-state index in [9.17, 15) is 4.39 Å². The summed E-state index contributed by atoms with van der Waals surface area (Å²) < 4.78 is 22.9. The zero-order chi connectivity index (χ0) is 9.84. The van der Waals surface area contributed by atoms with Gasteiger partial charge in [0.05, 0.1) is 7.11 Å². The summed E-state index contributed by atoms with van der Waals surface area (Å²) in [4.78, 5) is 0. The van der Waals surface area contributed by atoms with Gasteiger partial charge in [0.25, 0.3) is 0 Å². The molecule has 1 aromatic rings. The molecule has 0 aromatic heterocycles. The van der Waals surface area contributed by atoms with Gasteiger partial charge in [0, 0.05) is 6.07 Å². The van der Waals surface area contributed by atoms with Gasteiger partial charge >= 0.3 is 6.13 Å². The number of hydrogen-bond acceptors (Lipinski definition) is 3. The second-order valence-electron chi connectivity index (χ2n) is 2.13. The molecule has 1 atom stereocenters. The Kier molecular flexibility index (Phi) is 3.90. The van der Waals surface area contributed by atoms with E-state index in [-0.39, 0.29) is 5.75 Å². The van der Waals surface area contributed by atoms with Crippen molar-refractivity contribution in [2.45, 2.75) is 0 Å². The van der Waals surface area contributed by atoms with Gasteiger partial charge in [-0.3, -0.25) is 4.52 Å². The van der Waals surface area contributed by atoms with Crippen molar-refractivity contribution in [3.05, 3.63) is 24.0 Å². The molecule has 2 nitrogen and oxygen atoms in total. The van der Waals surface area contributed by atoms with E-state index in [1.807, 2.05) is 0 Å². The highest BCUT2D eigenvalue weighted by molar-refractivity contribution is 8.54. The maximum absolute atomic E-state index is 13.1. The average Bonchev–Trinajstić information content (AvgIpc) is 2.08. The van der Waals surface area contributed by atoms with E-state index in [4.69, 9.17) is 21.1 Å². The molecule has 13 heavy (non-hydrogen) atoms. The number of halogens is 1. The number of methoxy groups -OCH3 is 1. The molecular weight excluding hydrogens is 230 g/mol. The minimum atomic E-state index is -1.31. The molecular formula is C7H7FO2PS2+. The van der Waals surface area contributed by atoms with E-state index in [0.717, 1.165) is 0 Å². The van der Waals surface area contributed by atoms with Gasteiger partial charge in [-0.2, -0.15) is 0 Å². The minimum Gasteiger partial charge on any atom is -0.497 e. The molecule has 0 aliphatic heterocycles. The fourth-order valence-corrected chi connectivity index (χ4v) is 1.59. The van der Waals surface area contributed by atoms with E-state index in [1.165, 1.54) is 19.2 Å². The average molecular weight is 237 g/mol. The van der Waals surface area contributed by atoms with E-state index in [2.05, 4.69) is 12.2 Å². The van der Waals surface area contributed by atoms with Gasteiger partial charge in [0.15, 0.2) is 5.82 Å². The Morgan fingerprint density at radius 2 is 2.23 bits per heavy atom. The third kappa shape index (κ3) is 3.10. The molecule has 0 aliphatic rings. The largest absolute Gasteiger partial charge is 0.497 e. The molecule has 70 valence electrons. The van der Waals surface area contributed by atoms with E-state index in [1.54, 1.807) is 6.07 Å². The fourth-order valence-electron chi connectivity index (χ4n) is 0.767. The first-order valence-corrected chi connectivity index (χ1v) is 6.73. The number of ether oxygens (including phenoxy) is 1. The van der Waals surface area contributed by atoms with Crippen LogP contribution in [0.4, 0.5) is 4.39 Å². The topological polar surface area (TPSA) is 18.5 Å². The van der Waals surface area contributed by atoms with E-state index in [0.29, 0.717) is 5.75 Å². The zero-order valence-electron chi connectivity index (χ0n) is 6.73. The van der Waals surface area contributed by atoms with Crippen molar-refractivity contribution in [1.29, 1.82) is 0 Å². The molecule has 0 fully saturated rings. The summed E-state index contributed by atoms with van der Waals surface area (Å²) in [6, 6.07) is 4.30. The SMILES string of the molecule is COc1ccc(O[P+](=S)S)c(F)c1. The highest BCUT2D eigenvalue weighted by atomic mass is 32.9. The predicted octanol–water partition coefficient (Wildman–Crippen LogP) is 2.92. The van der Waals surface area contributed by atoms with Gasteiger partial charge in [-0.1, -0.05) is 0 Å². The van der Waals surface area contributed by atoms with Gasteiger partial charge in [0.2, 0.25) is 17.6 Å². The molecule has 0 radical (unpaired) electrons. The van der Waals surface area contributed by atoms with Crippen LogP contribution in [-0.4, -0.2) is 7.11 Å². The number of benzene rings is 1. The number of rotatable bonds is 3. The lowest BCUT2D eigenvalue weighted by Crippen LogP contribution is -1.87. The Morgan fingerprint density at radius 1 is 1.54 bits per heavy atom. The van der Waals surface area contributed by atoms with Crippen LogP contribution in [0.3, 0.4) is 0 Å². The van der Waals surface area contributed by atoms with Crippen molar-refractivity contribution in [2.24, 2.45) is 0 Å². The van der Waals surface area contributed by atoms with Crippen LogP contribution >= 0.6 is 18.4 Å². The molecule has 1 rings (SSSR count). The smallest absolute Gasteiger partial charge is 0.459 e. The van der Waals surface area contributed by atoms with Gasteiger partial charge in [-0.25, -0.2) is 4.39 Å². The Balaban J connectivity index is 2.91. The van der Waals surface area contributed by atoms with E-state index >= 15 is 0 Å². The van der Waals surface area contributed by atoms with Crippen LogP contribution in [0.2, 0.25) is 0 Å². The lowest BCUT2D eigenvalue weighted by molar-refractivity contribution is 0.409. The Morgan fingerprint density at radius 3 is 2.69 bits per heavy atom. The van der Waals surface area contributed by atoms with Crippen LogP contribution in [0.25, 0.3) is 0 Å². The van der Waals surface area contributed by atoms with Crippen LogP contribution in [0.5, 0.6) is 11.5 Å². The molecule has 0 amide bonds. The van der Waals surface area contributed by atoms with Crippen LogP contribution in [0.1, 0.15) is 0 Å².